The Morgan fingerprint density at radius 2 is 1.55 bits per heavy atom. The fourth-order valence-corrected chi connectivity index (χ4v) is 8.00. The van der Waals surface area contributed by atoms with Crippen molar-refractivity contribution in [1.82, 2.24) is 21.3 Å². The van der Waals surface area contributed by atoms with E-state index in [2.05, 4.69) is 100 Å². The van der Waals surface area contributed by atoms with Gasteiger partial charge >= 0.3 is 6.03 Å². The van der Waals surface area contributed by atoms with Crippen molar-refractivity contribution < 1.29 is 9.59 Å². The number of hydrogen-bond acceptors (Lipinski definition) is 3. The first-order chi connectivity index (χ1) is 20.0. The monoisotopic (exact) mass is 578 g/mol. The lowest BCUT2D eigenvalue weighted by Gasteiger charge is -2.43. The molecule has 1 aliphatic heterocycles. The van der Waals surface area contributed by atoms with E-state index in [1.54, 1.807) is 0 Å². The van der Waals surface area contributed by atoms with E-state index in [4.69, 9.17) is 0 Å². The molecule has 6 atom stereocenters. The Labute approximate surface area is 255 Å². The van der Waals surface area contributed by atoms with Gasteiger partial charge in [0.1, 0.15) is 6.04 Å². The lowest BCUT2D eigenvalue weighted by atomic mass is 9.68. The molecule has 1 heterocycles. The van der Waals surface area contributed by atoms with Gasteiger partial charge < -0.3 is 21.3 Å². The molecule has 234 valence electrons. The number of urea groups is 1. The Morgan fingerprint density at radius 3 is 2.17 bits per heavy atom. The van der Waals surface area contributed by atoms with Crippen LogP contribution in [0, 0.1) is 35.0 Å². The van der Waals surface area contributed by atoms with E-state index < -0.39 is 6.04 Å². The predicted octanol–water partition coefficient (Wildman–Crippen LogP) is 7.13. The normalized spacial score (nSPS) is 27.5. The zero-order valence-corrected chi connectivity index (χ0v) is 27.3. The topological polar surface area (TPSA) is 82.3 Å². The standard InChI is InChI=1S/C36H58N4O2/c1-23(2)27-17-13-18-28(24(3)4)33(27)40-34(41)32(20-26-21-37-31-19-12-11-16-29(26)31)39-35(42)38-22-30(36(5,6)7)25-14-9-8-10-15-25/h8-10,14-15,21,23-24,27-33,37H,11-13,16-20,22H2,1-7H3,(H,40,41)(H2,38,39,42). The lowest BCUT2D eigenvalue weighted by Crippen LogP contribution is -2.57. The maximum absolute atomic E-state index is 14.1. The summed E-state index contributed by atoms with van der Waals surface area (Å²) in [6, 6.07) is 10.1. The second-order valence-electron chi connectivity index (χ2n) is 15.1. The van der Waals surface area contributed by atoms with Crippen LogP contribution in [0.15, 0.2) is 42.1 Å². The van der Waals surface area contributed by atoms with Crippen molar-refractivity contribution in [2.24, 2.45) is 35.0 Å². The first-order valence-electron chi connectivity index (χ1n) is 16.8. The van der Waals surface area contributed by atoms with Gasteiger partial charge in [0.15, 0.2) is 0 Å². The number of fused-ring (bicyclic) bond motifs is 1. The molecule has 0 radical (unpaired) electrons. The molecule has 2 fully saturated rings. The molecular weight excluding hydrogens is 520 g/mol. The molecule has 42 heavy (non-hydrogen) atoms. The van der Waals surface area contributed by atoms with Crippen molar-refractivity contribution in [3.05, 3.63) is 47.7 Å². The second kappa shape index (κ2) is 14.3. The molecule has 2 saturated carbocycles. The smallest absolute Gasteiger partial charge is 0.315 e. The number of rotatable bonds is 10. The fourth-order valence-electron chi connectivity index (χ4n) is 8.00. The Hall–Kier alpha value is -2.50. The summed E-state index contributed by atoms with van der Waals surface area (Å²) in [4.78, 5) is 27.6. The van der Waals surface area contributed by atoms with E-state index >= 15 is 0 Å². The van der Waals surface area contributed by atoms with Gasteiger partial charge in [0, 0.05) is 30.5 Å². The highest BCUT2D eigenvalue weighted by Gasteiger charge is 2.40. The molecule has 1 aromatic rings. The summed E-state index contributed by atoms with van der Waals surface area (Å²) in [5, 5.41) is 13.4. The van der Waals surface area contributed by atoms with E-state index in [0.29, 0.717) is 48.6 Å². The van der Waals surface area contributed by atoms with Crippen molar-refractivity contribution in [2.75, 3.05) is 6.54 Å². The molecule has 3 aliphatic rings. The molecule has 6 nitrogen and oxygen atoms in total. The maximum Gasteiger partial charge on any atom is 0.315 e. The highest BCUT2D eigenvalue weighted by Crippen LogP contribution is 2.39. The molecule has 2 aliphatic carbocycles. The summed E-state index contributed by atoms with van der Waals surface area (Å²) in [6.45, 7) is 16.3. The summed E-state index contributed by atoms with van der Waals surface area (Å²) in [7, 11) is 0. The minimum Gasteiger partial charge on any atom is -0.388 e. The SMILES string of the molecule is CC(C)C1CCCC(C(C)C)C1NC(=O)C(CC1=CNC2CCCCC12)NC(=O)NCC(c1ccccc1)C(C)(C)C. The molecule has 4 rings (SSSR count). The minimum absolute atomic E-state index is 0.0273. The van der Waals surface area contributed by atoms with Gasteiger partial charge in [0.2, 0.25) is 5.91 Å². The van der Waals surface area contributed by atoms with Crippen LogP contribution in [0.5, 0.6) is 0 Å². The molecule has 0 saturated heterocycles. The molecule has 6 heteroatoms. The number of carbonyl (C=O) groups is 2. The van der Waals surface area contributed by atoms with Crippen LogP contribution in [0.1, 0.15) is 111 Å². The van der Waals surface area contributed by atoms with Crippen molar-refractivity contribution in [3.8, 4) is 0 Å². The summed E-state index contributed by atoms with van der Waals surface area (Å²) in [5.74, 6) is 2.50. The fraction of sp³-hybridized carbons (Fsp3) is 0.722. The summed E-state index contributed by atoms with van der Waals surface area (Å²) in [6.07, 6.45) is 11.0. The number of hydrogen-bond donors (Lipinski definition) is 4. The molecule has 0 spiro atoms. The number of amides is 3. The van der Waals surface area contributed by atoms with Crippen molar-refractivity contribution in [3.63, 3.8) is 0 Å². The highest BCUT2D eigenvalue weighted by atomic mass is 16.2. The van der Waals surface area contributed by atoms with E-state index in [1.165, 1.54) is 36.8 Å². The van der Waals surface area contributed by atoms with Crippen molar-refractivity contribution in [2.45, 2.75) is 124 Å². The van der Waals surface area contributed by atoms with E-state index in [9.17, 15) is 9.59 Å². The van der Waals surface area contributed by atoms with Gasteiger partial charge in [-0.15, -0.1) is 0 Å². The molecule has 6 unspecified atom stereocenters. The zero-order chi connectivity index (χ0) is 30.4. The van der Waals surface area contributed by atoms with E-state index in [0.717, 1.165) is 19.3 Å². The van der Waals surface area contributed by atoms with Crippen molar-refractivity contribution >= 4 is 11.9 Å². The average molecular weight is 579 g/mol. The Bertz CT molecular complexity index is 1040. The number of nitrogens with one attached hydrogen (secondary N) is 4. The lowest BCUT2D eigenvalue weighted by molar-refractivity contribution is -0.125. The van der Waals surface area contributed by atoms with Gasteiger partial charge in [-0.1, -0.05) is 98.1 Å². The quantitative estimate of drug-likeness (QED) is 0.238. The van der Waals surface area contributed by atoms with Crippen LogP contribution in [0.25, 0.3) is 0 Å². The van der Waals surface area contributed by atoms with Crippen LogP contribution < -0.4 is 21.3 Å². The largest absolute Gasteiger partial charge is 0.388 e. The number of benzene rings is 1. The molecule has 1 aromatic carbocycles. The van der Waals surface area contributed by atoms with E-state index in [1.807, 2.05) is 6.07 Å². The Kier molecular flexibility index (Phi) is 11.0. The molecule has 3 amide bonds. The summed E-state index contributed by atoms with van der Waals surface area (Å²) in [5.41, 5.74) is 2.46. The minimum atomic E-state index is -0.605. The highest BCUT2D eigenvalue weighted by molar-refractivity contribution is 5.87. The van der Waals surface area contributed by atoms with Crippen LogP contribution in [0.2, 0.25) is 0 Å². The van der Waals surface area contributed by atoms with Crippen LogP contribution >= 0.6 is 0 Å². The van der Waals surface area contributed by atoms with Gasteiger partial charge in [0.05, 0.1) is 0 Å². The van der Waals surface area contributed by atoms with Gasteiger partial charge in [0.25, 0.3) is 0 Å². The average Bonchev–Trinajstić information content (AvgIpc) is 3.35. The van der Waals surface area contributed by atoms with Crippen LogP contribution in [-0.4, -0.2) is 36.6 Å². The number of carbonyl (C=O) groups excluding carboxylic acids is 2. The molecule has 0 aromatic heterocycles. The molecule has 4 N–H and O–H groups in total. The third kappa shape index (κ3) is 8.11. The molecule has 0 bridgehead atoms. The van der Waals surface area contributed by atoms with Crippen LogP contribution in [0.3, 0.4) is 0 Å². The van der Waals surface area contributed by atoms with Crippen molar-refractivity contribution in [1.29, 1.82) is 0 Å². The van der Waals surface area contributed by atoms with Gasteiger partial charge in [-0.3, -0.25) is 4.79 Å². The van der Waals surface area contributed by atoms with Crippen LogP contribution in [0.4, 0.5) is 4.79 Å². The maximum atomic E-state index is 14.1. The Morgan fingerprint density at radius 1 is 0.905 bits per heavy atom. The van der Waals surface area contributed by atoms with Gasteiger partial charge in [-0.05, 0) is 78.5 Å². The zero-order valence-electron chi connectivity index (χ0n) is 27.3. The Balaban J connectivity index is 1.50. The van der Waals surface area contributed by atoms with E-state index in [-0.39, 0.29) is 29.3 Å². The van der Waals surface area contributed by atoms with Gasteiger partial charge in [-0.25, -0.2) is 4.79 Å². The predicted molar refractivity (Wildman–Crippen MR) is 173 cm³/mol. The third-order valence-electron chi connectivity index (χ3n) is 10.5. The van der Waals surface area contributed by atoms with Crippen LogP contribution in [-0.2, 0) is 4.79 Å². The molecular formula is C36H58N4O2. The first kappa shape index (κ1) is 32.4. The van der Waals surface area contributed by atoms with Gasteiger partial charge in [-0.2, -0.15) is 0 Å². The summed E-state index contributed by atoms with van der Waals surface area (Å²) < 4.78 is 0. The summed E-state index contributed by atoms with van der Waals surface area (Å²) >= 11 is 0. The first-order valence-corrected chi connectivity index (χ1v) is 16.8. The third-order valence-corrected chi connectivity index (χ3v) is 10.5. The second-order valence-corrected chi connectivity index (χ2v) is 15.1.